The highest BCUT2D eigenvalue weighted by atomic mass is 15.5. The van der Waals surface area contributed by atoms with E-state index in [4.69, 9.17) is 5.73 Å². The zero-order chi connectivity index (χ0) is 11.8. The summed E-state index contributed by atoms with van der Waals surface area (Å²) in [7, 11) is 0. The molecule has 2 aromatic heterocycles. The maximum absolute atomic E-state index is 6.13. The predicted octanol–water partition coefficient (Wildman–Crippen LogP) is 0.435. The highest BCUT2D eigenvalue weighted by Crippen LogP contribution is 2.20. The SMILES string of the molecule is CC(C)(C)C(N)Cc1cncc2nnnn12. The van der Waals surface area contributed by atoms with Crippen molar-refractivity contribution < 1.29 is 0 Å². The summed E-state index contributed by atoms with van der Waals surface area (Å²) >= 11 is 0. The van der Waals surface area contributed by atoms with Crippen LogP contribution in [0.25, 0.3) is 5.65 Å². The molecule has 16 heavy (non-hydrogen) atoms. The first-order chi connectivity index (χ1) is 7.48. The Morgan fingerprint density at radius 3 is 2.81 bits per heavy atom. The third-order valence-electron chi connectivity index (χ3n) is 2.72. The van der Waals surface area contributed by atoms with Gasteiger partial charge in [-0.25, -0.2) is 0 Å². The molecular weight excluding hydrogens is 204 g/mol. The van der Waals surface area contributed by atoms with Crippen molar-refractivity contribution in [3.05, 3.63) is 18.1 Å². The molecule has 2 N–H and O–H groups in total. The molecule has 0 saturated heterocycles. The van der Waals surface area contributed by atoms with Crippen molar-refractivity contribution in [2.45, 2.75) is 33.2 Å². The maximum Gasteiger partial charge on any atom is 0.197 e. The molecule has 2 aromatic rings. The number of rotatable bonds is 2. The van der Waals surface area contributed by atoms with E-state index in [-0.39, 0.29) is 11.5 Å². The van der Waals surface area contributed by atoms with Crippen LogP contribution in [0.1, 0.15) is 26.5 Å². The normalized spacial score (nSPS) is 14.2. The zero-order valence-corrected chi connectivity index (χ0v) is 9.75. The van der Waals surface area contributed by atoms with E-state index in [9.17, 15) is 0 Å². The standard InChI is InChI=1S/C10H16N6/c1-10(2,3)8(11)4-7-5-12-6-9-13-14-15-16(7)9/h5-6,8H,4,11H2,1-3H3. The third kappa shape index (κ3) is 2.01. The van der Waals surface area contributed by atoms with Crippen molar-refractivity contribution in [2.75, 3.05) is 0 Å². The molecule has 0 aliphatic heterocycles. The number of nitrogens with two attached hydrogens (primary N) is 1. The summed E-state index contributed by atoms with van der Waals surface area (Å²) in [5.41, 5.74) is 7.77. The predicted molar refractivity (Wildman–Crippen MR) is 59.7 cm³/mol. The van der Waals surface area contributed by atoms with Gasteiger partial charge < -0.3 is 5.73 Å². The summed E-state index contributed by atoms with van der Waals surface area (Å²) in [6, 6.07) is 0.0455. The van der Waals surface area contributed by atoms with E-state index in [1.165, 1.54) is 0 Å². The first-order valence-electron chi connectivity index (χ1n) is 5.25. The largest absolute Gasteiger partial charge is 0.327 e. The van der Waals surface area contributed by atoms with Gasteiger partial charge in [0.2, 0.25) is 0 Å². The van der Waals surface area contributed by atoms with Crippen molar-refractivity contribution >= 4 is 5.65 Å². The second kappa shape index (κ2) is 3.79. The Labute approximate surface area is 93.9 Å². The van der Waals surface area contributed by atoms with Gasteiger partial charge in [-0.05, 0) is 15.8 Å². The minimum Gasteiger partial charge on any atom is -0.327 e. The van der Waals surface area contributed by atoms with E-state index in [1.807, 2.05) is 0 Å². The van der Waals surface area contributed by atoms with Crippen LogP contribution in [0.5, 0.6) is 0 Å². The van der Waals surface area contributed by atoms with Gasteiger partial charge >= 0.3 is 0 Å². The minimum atomic E-state index is 0.0455. The smallest absolute Gasteiger partial charge is 0.197 e. The van der Waals surface area contributed by atoms with Crippen molar-refractivity contribution in [1.29, 1.82) is 0 Å². The van der Waals surface area contributed by atoms with E-state index in [0.29, 0.717) is 12.1 Å². The topological polar surface area (TPSA) is 82.0 Å². The quantitative estimate of drug-likeness (QED) is 0.793. The van der Waals surface area contributed by atoms with Crippen molar-refractivity contribution in [2.24, 2.45) is 11.1 Å². The van der Waals surface area contributed by atoms with E-state index in [0.717, 1.165) is 5.69 Å². The van der Waals surface area contributed by atoms with E-state index in [2.05, 4.69) is 41.3 Å². The fourth-order valence-electron chi connectivity index (χ4n) is 1.39. The Morgan fingerprint density at radius 2 is 2.12 bits per heavy atom. The van der Waals surface area contributed by atoms with Crippen LogP contribution in [-0.4, -0.2) is 31.1 Å². The average Bonchev–Trinajstić information content (AvgIpc) is 2.65. The maximum atomic E-state index is 6.13. The van der Waals surface area contributed by atoms with E-state index < -0.39 is 0 Å². The molecule has 6 heteroatoms. The highest BCUT2D eigenvalue weighted by molar-refractivity contribution is 5.32. The van der Waals surface area contributed by atoms with Crippen LogP contribution >= 0.6 is 0 Å². The number of hydrogen-bond acceptors (Lipinski definition) is 5. The molecule has 0 aromatic carbocycles. The molecule has 0 radical (unpaired) electrons. The Balaban J connectivity index is 2.31. The summed E-state index contributed by atoms with van der Waals surface area (Å²) in [6.07, 6.45) is 4.10. The molecule has 0 fully saturated rings. The highest BCUT2D eigenvalue weighted by Gasteiger charge is 2.22. The third-order valence-corrected chi connectivity index (χ3v) is 2.72. The van der Waals surface area contributed by atoms with Gasteiger partial charge in [-0.15, -0.1) is 5.10 Å². The van der Waals surface area contributed by atoms with Gasteiger partial charge in [0.25, 0.3) is 0 Å². The lowest BCUT2D eigenvalue weighted by molar-refractivity contribution is 0.315. The van der Waals surface area contributed by atoms with E-state index >= 15 is 0 Å². The average molecular weight is 220 g/mol. The summed E-state index contributed by atoms with van der Waals surface area (Å²) in [6.45, 7) is 6.35. The van der Waals surface area contributed by atoms with Crippen LogP contribution in [0.2, 0.25) is 0 Å². The first-order valence-corrected chi connectivity index (χ1v) is 5.25. The van der Waals surface area contributed by atoms with Crippen LogP contribution in [0.15, 0.2) is 12.4 Å². The summed E-state index contributed by atoms with van der Waals surface area (Å²) in [5, 5.41) is 11.4. The second-order valence-corrected chi connectivity index (χ2v) is 5.02. The molecule has 0 spiro atoms. The van der Waals surface area contributed by atoms with Crippen LogP contribution < -0.4 is 5.73 Å². The number of hydrogen-bond donors (Lipinski definition) is 1. The monoisotopic (exact) mass is 220 g/mol. The molecule has 0 amide bonds. The lowest BCUT2D eigenvalue weighted by Gasteiger charge is -2.26. The van der Waals surface area contributed by atoms with Crippen molar-refractivity contribution in [3.8, 4) is 0 Å². The zero-order valence-electron chi connectivity index (χ0n) is 9.75. The van der Waals surface area contributed by atoms with Crippen molar-refractivity contribution in [3.63, 3.8) is 0 Å². The number of aromatic nitrogens is 5. The first kappa shape index (κ1) is 10.9. The number of fused-ring (bicyclic) bond motifs is 1. The van der Waals surface area contributed by atoms with Crippen molar-refractivity contribution in [1.82, 2.24) is 25.0 Å². The van der Waals surface area contributed by atoms with Gasteiger partial charge in [0, 0.05) is 18.7 Å². The Hall–Kier alpha value is -1.56. The van der Waals surface area contributed by atoms with Gasteiger partial charge in [0.05, 0.1) is 11.9 Å². The fourth-order valence-corrected chi connectivity index (χ4v) is 1.39. The Morgan fingerprint density at radius 1 is 1.38 bits per heavy atom. The number of tetrazole rings is 1. The van der Waals surface area contributed by atoms with Gasteiger partial charge in [-0.1, -0.05) is 20.8 Å². The molecule has 0 bridgehead atoms. The molecule has 86 valence electrons. The van der Waals surface area contributed by atoms with Crippen LogP contribution in [0.4, 0.5) is 0 Å². The lowest BCUT2D eigenvalue weighted by Crippen LogP contribution is -2.37. The summed E-state index contributed by atoms with van der Waals surface area (Å²) in [4.78, 5) is 4.10. The Kier molecular flexibility index (Phi) is 2.59. The number of nitrogens with zero attached hydrogens (tertiary/aromatic N) is 5. The molecule has 2 rings (SSSR count). The van der Waals surface area contributed by atoms with E-state index in [1.54, 1.807) is 16.9 Å². The van der Waals surface area contributed by atoms with Crippen LogP contribution in [0.3, 0.4) is 0 Å². The molecule has 6 nitrogen and oxygen atoms in total. The summed E-state index contributed by atoms with van der Waals surface area (Å²) in [5.74, 6) is 0. The van der Waals surface area contributed by atoms with Gasteiger partial charge in [-0.3, -0.25) is 4.98 Å². The molecule has 0 saturated carbocycles. The van der Waals surface area contributed by atoms with Gasteiger partial charge in [0.15, 0.2) is 5.65 Å². The van der Waals surface area contributed by atoms with Crippen LogP contribution in [-0.2, 0) is 6.42 Å². The fraction of sp³-hybridized carbons (Fsp3) is 0.600. The minimum absolute atomic E-state index is 0.0455. The lowest BCUT2D eigenvalue weighted by atomic mass is 9.85. The molecule has 1 atom stereocenters. The van der Waals surface area contributed by atoms with Gasteiger partial charge in [0.1, 0.15) is 0 Å². The second-order valence-electron chi connectivity index (χ2n) is 5.02. The van der Waals surface area contributed by atoms with Crippen LogP contribution in [0, 0.1) is 5.41 Å². The molecular formula is C10H16N6. The van der Waals surface area contributed by atoms with Gasteiger partial charge in [-0.2, -0.15) is 4.52 Å². The molecule has 1 unspecified atom stereocenters. The summed E-state index contributed by atoms with van der Waals surface area (Å²) < 4.78 is 1.68. The molecule has 2 heterocycles. The molecule has 0 aliphatic carbocycles. The molecule has 0 aliphatic rings. The Bertz CT molecular complexity index is 483.